The highest BCUT2D eigenvalue weighted by Gasteiger charge is 2.23. The Balaban J connectivity index is 1.41. The van der Waals surface area contributed by atoms with Crippen LogP contribution in [0, 0.1) is 10.1 Å². The van der Waals surface area contributed by atoms with Gasteiger partial charge >= 0.3 is 5.97 Å². The summed E-state index contributed by atoms with van der Waals surface area (Å²) in [5.41, 5.74) is 1.13. The van der Waals surface area contributed by atoms with Gasteiger partial charge in [0, 0.05) is 18.0 Å². The number of fused-ring (bicyclic) bond motifs is 1. The maximum absolute atomic E-state index is 13.1. The molecule has 4 aromatic carbocycles. The van der Waals surface area contributed by atoms with Crippen molar-refractivity contribution in [1.29, 1.82) is 0 Å². The molecule has 214 valence electrons. The monoisotopic (exact) mass is 587 g/mol. The number of ether oxygens (including phenoxy) is 1. The number of nitro benzene ring substituents is 1. The van der Waals surface area contributed by atoms with Crippen LogP contribution < -0.4 is 14.4 Å². The number of carboxylic acid groups (broad SMARTS) is 1. The van der Waals surface area contributed by atoms with Gasteiger partial charge in [0.25, 0.3) is 15.7 Å². The van der Waals surface area contributed by atoms with Crippen LogP contribution in [0.1, 0.15) is 16.1 Å². The maximum atomic E-state index is 13.1. The number of furan rings is 1. The standard InChI is InChI=1S/C30H25N3O8S/c34-30(35)29-18-22-17-25(12-14-28(22)41-29)42(38,39)31-23-11-13-26(27(19-23)33(36)37)32(20-21-7-3-1-4-8-21)15-16-40-24-9-5-2-6-10-24/h1-14,17-19,31H,15-16,20H2,(H,34,35). The molecular formula is C30H25N3O8S. The number of para-hydroxylation sites is 1. The first-order valence-electron chi connectivity index (χ1n) is 12.7. The zero-order valence-corrected chi connectivity index (χ0v) is 22.9. The molecule has 0 radical (unpaired) electrons. The van der Waals surface area contributed by atoms with Crippen molar-refractivity contribution in [3.63, 3.8) is 0 Å². The second-order valence-corrected chi connectivity index (χ2v) is 10.9. The van der Waals surface area contributed by atoms with Gasteiger partial charge in [0.1, 0.15) is 23.6 Å². The maximum Gasteiger partial charge on any atom is 0.371 e. The first kappa shape index (κ1) is 28.2. The van der Waals surface area contributed by atoms with E-state index >= 15 is 0 Å². The van der Waals surface area contributed by atoms with Crippen LogP contribution in [0.2, 0.25) is 0 Å². The summed E-state index contributed by atoms with van der Waals surface area (Å²) in [6, 6.07) is 27.9. The summed E-state index contributed by atoms with van der Waals surface area (Å²) in [6.07, 6.45) is 0. The van der Waals surface area contributed by atoms with Crippen LogP contribution in [0.5, 0.6) is 5.75 Å². The van der Waals surface area contributed by atoms with E-state index in [1.165, 1.54) is 42.5 Å². The van der Waals surface area contributed by atoms with Gasteiger partial charge in [-0.15, -0.1) is 0 Å². The molecule has 2 N–H and O–H groups in total. The number of sulfonamides is 1. The van der Waals surface area contributed by atoms with Gasteiger partial charge in [0.05, 0.1) is 22.1 Å². The molecule has 0 atom stereocenters. The van der Waals surface area contributed by atoms with Gasteiger partial charge in [-0.3, -0.25) is 14.8 Å². The molecule has 1 heterocycles. The number of hydrogen-bond acceptors (Lipinski definition) is 8. The quantitative estimate of drug-likeness (QED) is 0.134. The van der Waals surface area contributed by atoms with E-state index in [2.05, 4.69) is 4.72 Å². The molecule has 0 spiro atoms. The predicted octanol–water partition coefficient (Wildman–Crippen LogP) is 5.93. The Morgan fingerprint density at radius 3 is 2.36 bits per heavy atom. The van der Waals surface area contributed by atoms with Crippen LogP contribution in [-0.4, -0.2) is 37.6 Å². The van der Waals surface area contributed by atoms with Gasteiger partial charge in [-0.05, 0) is 54.1 Å². The number of hydrogen-bond donors (Lipinski definition) is 2. The molecule has 5 aromatic rings. The molecule has 0 saturated carbocycles. The number of rotatable bonds is 12. The third-order valence-corrected chi connectivity index (χ3v) is 7.74. The molecule has 0 aliphatic carbocycles. The van der Waals surface area contributed by atoms with E-state index in [-0.39, 0.29) is 39.6 Å². The van der Waals surface area contributed by atoms with Crippen molar-refractivity contribution in [3.8, 4) is 5.75 Å². The van der Waals surface area contributed by atoms with E-state index in [1.807, 2.05) is 65.6 Å². The normalized spacial score (nSPS) is 11.2. The minimum atomic E-state index is -4.18. The Morgan fingerprint density at radius 2 is 1.67 bits per heavy atom. The van der Waals surface area contributed by atoms with Gasteiger partial charge in [0.15, 0.2) is 0 Å². The summed E-state index contributed by atoms with van der Waals surface area (Å²) in [5, 5.41) is 21.6. The van der Waals surface area contributed by atoms with Gasteiger partial charge in [-0.2, -0.15) is 0 Å². The summed E-state index contributed by atoms with van der Waals surface area (Å²) in [6.45, 7) is 0.926. The van der Waals surface area contributed by atoms with Crippen molar-refractivity contribution < 1.29 is 32.4 Å². The molecule has 0 aliphatic heterocycles. The van der Waals surface area contributed by atoms with E-state index in [9.17, 15) is 23.3 Å². The number of benzene rings is 4. The van der Waals surface area contributed by atoms with Crippen molar-refractivity contribution in [2.75, 3.05) is 22.8 Å². The van der Waals surface area contributed by atoms with E-state index in [1.54, 1.807) is 0 Å². The Morgan fingerprint density at radius 1 is 0.952 bits per heavy atom. The van der Waals surface area contributed by atoms with Gasteiger partial charge in [0.2, 0.25) is 5.76 Å². The predicted molar refractivity (Wildman–Crippen MR) is 157 cm³/mol. The average Bonchev–Trinajstić information content (AvgIpc) is 3.42. The number of anilines is 2. The molecule has 0 saturated heterocycles. The first-order valence-corrected chi connectivity index (χ1v) is 14.2. The number of nitrogens with zero attached hydrogens (tertiary/aromatic N) is 2. The highest BCUT2D eigenvalue weighted by atomic mass is 32.2. The summed E-state index contributed by atoms with van der Waals surface area (Å²) >= 11 is 0. The van der Waals surface area contributed by atoms with Crippen LogP contribution >= 0.6 is 0 Å². The van der Waals surface area contributed by atoms with Crippen LogP contribution in [0.3, 0.4) is 0 Å². The third-order valence-electron chi connectivity index (χ3n) is 6.36. The molecule has 0 fully saturated rings. The van der Waals surface area contributed by atoms with Crippen molar-refractivity contribution in [2.45, 2.75) is 11.4 Å². The summed E-state index contributed by atoms with van der Waals surface area (Å²) in [5.74, 6) is -0.939. The lowest BCUT2D eigenvalue weighted by Gasteiger charge is -2.25. The lowest BCUT2D eigenvalue weighted by atomic mass is 10.1. The number of carboxylic acids is 1. The van der Waals surface area contributed by atoms with Crippen molar-refractivity contribution in [2.24, 2.45) is 0 Å². The van der Waals surface area contributed by atoms with E-state index in [0.717, 1.165) is 5.56 Å². The SMILES string of the molecule is O=C(O)c1cc2cc(S(=O)(=O)Nc3ccc(N(CCOc4ccccc4)Cc4ccccc4)c([N+](=O)[O-])c3)ccc2o1. The number of aromatic carboxylic acids is 1. The molecule has 0 bridgehead atoms. The third kappa shape index (κ3) is 6.50. The lowest BCUT2D eigenvalue weighted by Crippen LogP contribution is -2.28. The second kappa shape index (κ2) is 12.0. The molecule has 11 nitrogen and oxygen atoms in total. The Hall–Kier alpha value is -5.36. The summed E-state index contributed by atoms with van der Waals surface area (Å²) in [4.78, 5) is 24.5. The molecule has 0 aliphatic rings. The van der Waals surface area contributed by atoms with E-state index in [4.69, 9.17) is 14.3 Å². The average molecular weight is 588 g/mol. The summed E-state index contributed by atoms with van der Waals surface area (Å²) < 4.78 is 39.7. The number of carbonyl (C=O) groups is 1. The molecule has 1 aromatic heterocycles. The van der Waals surface area contributed by atoms with E-state index < -0.39 is 20.9 Å². The Bertz CT molecular complexity index is 1840. The first-order chi connectivity index (χ1) is 20.2. The smallest absolute Gasteiger partial charge is 0.371 e. The van der Waals surface area contributed by atoms with Gasteiger partial charge in [-0.1, -0.05) is 48.5 Å². The van der Waals surface area contributed by atoms with Gasteiger partial charge < -0.3 is 19.2 Å². The minimum absolute atomic E-state index is 0.0100. The Kier molecular flexibility index (Phi) is 8.07. The van der Waals surface area contributed by atoms with Crippen LogP contribution in [0.4, 0.5) is 17.1 Å². The topological polar surface area (TPSA) is 152 Å². The minimum Gasteiger partial charge on any atom is -0.492 e. The molecule has 0 unspecified atom stereocenters. The number of nitrogens with one attached hydrogen (secondary N) is 1. The number of nitro groups is 1. The largest absolute Gasteiger partial charge is 0.492 e. The van der Waals surface area contributed by atoms with Crippen molar-refractivity contribution >= 4 is 44.0 Å². The summed E-state index contributed by atoms with van der Waals surface area (Å²) in [7, 11) is -4.18. The molecular weight excluding hydrogens is 562 g/mol. The molecule has 5 rings (SSSR count). The van der Waals surface area contributed by atoms with Crippen LogP contribution in [-0.2, 0) is 16.6 Å². The van der Waals surface area contributed by atoms with Crippen LogP contribution in [0.25, 0.3) is 11.0 Å². The highest BCUT2D eigenvalue weighted by Crippen LogP contribution is 2.33. The van der Waals surface area contributed by atoms with Crippen molar-refractivity contribution in [1.82, 2.24) is 0 Å². The fourth-order valence-corrected chi connectivity index (χ4v) is 5.47. The Labute approximate surface area is 240 Å². The zero-order valence-electron chi connectivity index (χ0n) is 22.0. The molecule has 42 heavy (non-hydrogen) atoms. The zero-order chi connectivity index (χ0) is 29.7. The molecule has 0 amide bonds. The lowest BCUT2D eigenvalue weighted by molar-refractivity contribution is -0.384. The highest BCUT2D eigenvalue weighted by molar-refractivity contribution is 7.92. The van der Waals surface area contributed by atoms with Crippen LogP contribution in [0.15, 0.2) is 112 Å². The molecule has 12 heteroatoms. The fourth-order valence-electron chi connectivity index (χ4n) is 4.39. The van der Waals surface area contributed by atoms with Gasteiger partial charge in [-0.25, -0.2) is 13.2 Å². The van der Waals surface area contributed by atoms with E-state index in [0.29, 0.717) is 24.5 Å². The van der Waals surface area contributed by atoms with Crippen molar-refractivity contribution in [3.05, 3.63) is 125 Å². The second-order valence-electron chi connectivity index (χ2n) is 9.25. The fraction of sp³-hybridized carbons (Fsp3) is 0.100.